The summed E-state index contributed by atoms with van der Waals surface area (Å²) in [5, 5.41) is 8.09. The summed E-state index contributed by atoms with van der Waals surface area (Å²) in [6, 6.07) is 0. The van der Waals surface area contributed by atoms with Crippen LogP contribution in [0.3, 0.4) is 0 Å². The lowest BCUT2D eigenvalue weighted by atomic mass is 10.5. The molecule has 0 fully saturated rings. The summed E-state index contributed by atoms with van der Waals surface area (Å²) in [6.07, 6.45) is 0.573. The second-order valence-electron chi connectivity index (χ2n) is 1.67. The summed E-state index contributed by atoms with van der Waals surface area (Å²) in [4.78, 5) is 9.72. The van der Waals surface area contributed by atoms with E-state index in [9.17, 15) is 4.79 Å². The molecule has 0 saturated carbocycles. The second-order valence-corrected chi connectivity index (χ2v) is 3.31. The van der Waals surface area contributed by atoms with Crippen molar-refractivity contribution in [1.82, 2.24) is 10.2 Å². The van der Waals surface area contributed by atoms with Crippen molar-refractivity contribution in [2.24, 2.45) is 0 Å². The third kappa shape index (κ3) is 2.81. The molecule has 0 saturated heterocycles. The van der Waals surface area contributed by atoms with Gasteiger partial charge in [-0.1, -0.05) is 11.3 Å². The van der Waals surface area contributed by atoms with Gasteiger partial charge in [-0.15, -0.1) is 10.2 Å². The van der Waals surface area contributed by atoms with Crippen LogP contribution in [0.25, 0.3) is 0 Å². The minimum atomic E-state index is 0.328. The zero-order valence-corrected chi connectivity index (χ0v) is 7.06. The monoisotopic (exact) mass is 192 g/mol. The van der Waals surface area contributed by atoms with Crippen LogP contribution in [0.2, 0.25) is 4.47 Å². The van der Waals surface area contributed by atoms with Gasteiger partial charge >= 0.3 is 0 Å². The number of carbonyl (C=O) groups is 1. The highest BCUT2D eigenvalue weighted by Crippen LogP contribution is 2.14. The summed E-state index contributed by atoms with van der Waals surface area (Å²) in [5.74, 6) is 0. The maximum absolute atomic E-state index is 9.72. The molecular formula is C5H5ClN2O2S. The highest BCUT2D eigenvalue weighted by atomic mass is 35.5. The van der Waals surface area contributed by atoms with Crippen LogP contribution < -0.4 is 0 Å². The SMILES string of the molecule is O=COCCc1nnc(Cl)s1. The number of ether oxygens (including phenoxy) is 1. The molecule has 4 nitrogen and oxygen atoms in total. The van der Waals surface area contributed by atoms with Crippen LogP contribution >= 0.6 is 22.9 Å². The Labute approximate surface area is 72.2 Å². The van der Waals surface area contributed by atoms with E-state index in [1.807, 2.05) is 0 Å². The van der Waals surface area contributed by atoms with E-state index >= 15 is 0 Å². The van der Waals surface area contributed by atoms with Gasteiger partial charge in [0.2, 0.25) is 4.47 Å². The first-order valence-corrected chi connectivity index (χ1v) is 4.05. The van der Waals surface area contributed by atoms with Gasteiger partial charge < -0.3 is 4.74 Å². The van der Waals surface area contributed by atoms with Crippen LogP contribution in [0.4, 0.5) is 0 Å². The summed E-state index contributed by atoms with van der Waals surface area (Å²) < 4.78 is 4.87. The van der Waals surface area contributed by atoms with Gasteiger partial charge in [-0.25, -0.2) is 0 Å². The minimum Gasteiger partial charge on any atom is -0.467 e. The molecule has 0 amide bonds. The van der Waals surface area contributed by atoms with E-state index in [-0.39, 0.29) is 0 Å². The van der Waals surface area contributed by atoms with Crippen molar-refractivity contribution in [2.75, 3.05) is 6.61 Å². The van der Waals surface area contributed by atoms with E-state index in [1.165, 1.54) is 11.3 Å². The molecule has 1 rings (SSSR count). The third-order valence-electron chi connectivity index (χ3n) is 0.944. The largest absolute Gasteiger partial charge is 0.467 e. The average molecular weight is 193 g/mol. The van der Waals surface area contributed by atoms with Crippen LogP contribution in [0, 0.1) is 0 Å². The number of rotatable bonds is 4. The lowest BCUT2D eigenvalue weighted by molar-refractivity contribution is -0.128. The predicted octanol–water partition coefficient (Wildman–Crippen LogP) is 0.907. The molecule has 0 spiro atoms. The molecule has 1 aromatic rings. The van der Waals surface area contributed by atoms with Crippen molar-refractivity contribution in [1.29, 1.82) is 0 Å². The molecule has 0 atom stereocenters. The van der Waals surface area contributed by atoms with Gasteiger partial charge in [0, 0.05) is 6.42 Å². The standard InChI is InChI=1S/C5H5ClN2O2S/c6-5-8-7-4(11-5)1-2-10-3-9/h3H,1-2H2. The van der Waals surface area contributed by atoms with Crippen molar-refractivity contribution in [2.45, 2.75) is 6.42 Å². The highest BCUT2D eigenvalue weighted by Gasteiger charge is 2.00. The first-order valence-electron chi connectivity index (χ1n) is 2.86. The summed E-state index contributed by atoms with van der Waals surface area (Å²) in [6.45, 7) is 0.734. The van der Waals surface area contributed by atoms with Gasteiger partial charge in [-0.2, -0.15) is 0 Å². The molecular weight excluding hydrogens is 188 g/mol. The molecule has 0 aliphatic heterocycles. The number of carbonyl (C=O) groups excluding carboxylic acids is 1. The van der Waals surface area contributed by atoms with E-state index in [2.05, 4.69) is 14.9 Å². The Bertz CT molecular complexity index is 240. The molecule has 0 unspecified atom stereocenters. The van der Waals surface area contributed by atoms with Gasteiger partial charge in [-0.05, 0) is 11.6 Å². The predicted molar refractivity (Wildman–Crippen MR) is 40.6 cm³/mol. The quantitative estimate of drug-likeness (QED) is 0.526. The number of aromatic nitrogens is 2. The third-order valence-corrected chi connectivity index (χ3v) is 2.02. The molecule has 60 valence electrons. The maximum Gasteiger partial charge on any atom is 0.293 e. The second kappa shape index (κ2) is 4.25. The normalized spacial score (nSPS) is 9.55. The van der Waals surface area contributed by atoms with Crippen LogP contribution in [0.15, 0.2) is 0 Å². The smallest absolute Gasteiger partial charge is 0.293 e. The number of halogens is 1. The fraction of sp³-hybridized carbons (Fsp3) is 0.400. The molecule has 0 aliphatic rings. The molecule has 6 heteroatoms. The Kier molecular flexibility index (Phi) is 3.25. The van der Waals surface area contributed by atoms with Crippen LogP contribution in [-0.2, 0) is 16.0 Å². The average Bonchev–Trinajstić information content (AvgIpc) is 2.37. The van der Waals surface area contributed by atoms with Crippen molar-refractivity contribution in [3.8, 4) is 0 Å². The van der Waals surface area contributed by atoms with E-state index in [4.69, 9.17) is 11.6 Å². The van der Waals surface area contributed by atoms with Gasteiger partial charge in [-0.3, -0.25) is 4.79 Å². The van der Waals surface area contributed by atoms with Gasteiger partial charge in [0.15, 0.2) is 0 Å². The molecule has 0 bridgehead atoms. The zero-order valence-electron chi connectivity index (χ0n) is 5.49. The Balaban J connectivity index is 2.32. The number of hydrogen-bond acceptors (Lipinski definition) is 5. The fourth-order valence-corrected chi connectivity index (χ4v) is 1.38. The minimum absolute atomic E-state index is 0.328. The Hall–Kier alpha value is -0.680. The summed E-state index contributed by atoms with van der Waals surface area (Å²) in [5.41, 5.74) is 0. The van der Waals surface area contributed by atoms with Crippen LogP contribution in [-0.4, -0.2) is 23.3 Å². The molecule has 11 heavy (non-hydrogen) atoms. The van der Waals surface area contributed by atoms with E-state index in [1.54, 1.807) is 0 Å². The fourth-order valence-electron chi connectivity index (χ4n) is 0.528. The van der Waals surface area contributed by atoms with Gasteiger partial charge in [0.05, 0.1) is 6.61 Å². The molecule has 0 N–H and O–H groups in total. The molecule has 0 aliphatic carbocycles. The van der Waals surface area contributed by atoms with E-state index in [0.717, 1.165) is 5.01 Å². The lowest BCUT2D eigenvalue weighted by Gasteiger charge is -1.91. The maximum atomic E-state index is 9.72. The van der Waals surface area contributed by atoms with Crippen LogP contribution in [0.5, 0.6) is 0 Å². The van der Waals surface area contributed by atoms with Crippen molar-refractivity contribution < 1.29 is 9.53 Å². The number of hydrogen-bond donors (Lipinski definition) is 0. The number of nitrogens with zero attached hydrogens (tertiary/aromatic N) is 2. The van der Waals surface area contributed by atoms with E-state index < -0.39 is 0 Å². The molecule has 0 aromatic carbocycles. The Morgan fingerprint density at radius 1 is 1.64 bits per heavy atom. The summed E-state index contributed by atoms with van der Waals surface area (Å²) >= 11 is 6.79. The Morgan fingerprint density at radius 2 is 2.45 bits per heavy atom. The van der Waals surface area contributed by atoms with Crippen LogP contribution in [0.1, 0.15) is 5.01 Å². The van der Waals surface area contributed by atoms with Crippen molar-refractivity contribution in [3.05, 3.63) is 9.47 Å². The van der Waals surface area contributed by atoms with Crippen molar-refractivity contribution >= 4 is 29.4 Å². The first kappa shape index (κ1) is 8.42. The first-order chi connectivity index (χ1) is 5.33. The van der Waals surface area contributed by atoms with Gasteiger partial charge in [0.25, 0.3) is 6.47 Å². The topological polar surface area (TPSA) is 52.1 Å². The molecule has 0 radical (unpaired) electrons. The Morgan fingerprint density at radius 3 is 3.00 bits per heavy atom. The summed E-state index contributed by atoms with van der Waals surface area (Å²) in [7, 11) is 0. The van der Waals surface area contributed by atoms with E-state index in [0.29, 0.717) is 24.0 Å². The zero-order chi connectivity index (χ0) is 8.10. The lowest BCUT2D eigenvalue weighted by Crippen LogP contribution is -1.95. The highest BCUT2D eigenvalue weighted by molar-refractivity contribution is 7.15. The molecule has 1 aromatic heterocycles. The van der Waals surface area contributed by atoms with Crippen molar-refractivity contribution in [3.63, 3.8) is 0 Å². The molecule has 1 heterocycles. The van der Waals surface area contributed by atoms with Gasteiger partial charge in [0.1, 0.15) is 5.01 Å².